The summed E-state index contributed by atoms with van der Waals surface area (Å²) in [4.78, 5) is 12.1. The zero-order chi connectivity index (χ0) is 17.1. The highest BCUT2D eigenvalue weighted by atomic mass is 35.5. The van der Waals surface area contributed by atoms with Gasteiger partial charge in [0, 0.05) is 22.8 Å². The maximum atomic E-state index is 14.0. The van der Waals surface area contributed by atoms with Crippen molar-refractivity contribution >= 4 is 11.6 Å². The maximum Gasteiger partial charge on any atom is 0.250 e. The predicted octanol–water partition coefficient (Wildman–Crippen LogP) is 4.23. The van der Waals surface area contributed by atoms with Crippen molar-refractivity contribution in [1.82, 2.24) is 4.57 Å². The van der Waals surface area contributed by atoms with E-state index in [1.165, 1.54) is 16.7 Å². The molecule has 0 atom stereocenters. The fourth-order valence-corrected chi connectivity index (χ4v) is 2.59. The number of rotatable bonds is 3. The van der Waals surface area contributed by atoms with Crippen LogP contribution in [0.25, 0.3) is 11.1 Å². The second kappa shape index (κ2) is 6.69. The molecule has 1 heterocycles. The molecule has 5 heteroatoms. The van der Waals surface area contributed by atoms with Crippen LogP contribution >= 0.6 is 11.6 Å². The Balaban J connectivity index is 2.00. The summed E-state index contributed by atoms with van der Waals surface area (Å²) in [5.41, 5.74) is 2.28. The number of pyridine rings is 1. The fourth-order valence-electron chi connectivity index (χ4n) is 2.43. The van der Waals surface area contributed by atoms with Crippen LogP contribution in [0.15, 0.2) is 65.6 Å². The largest absolute Gasteiger partial charge is 0.310 e. The molecule has 3 aromatic rings. The average molecular weight is 339 g/mol. The molecular formula is C19H12ClFN2O. The summed E-state index contributed by atoms with van der Waals surface area (Å²) < 4.78 is 15.4. The molecule has 1 aromatic heterocycles. The first-order valence-corrected chi connectivity index (χ1v) is 7.59. The van der Waals surface area contributed by atoms with Crippen molar-refractivity contribution in [1.29, 1.82) is 5.26 Å². The van der Waals surface area contributed by atoms with Gasteiger partial charge < -0.3 is 4.57 Å². The third kappa shape index (κ3) is 3.37. The highest BCUT2D eigenvalue weighted by molar-refractivity contribution is 6.30. The van der Waals surface area contributed by atoms with Gasteiger partial charge in [0.2, 0.25) is 0 Å². The zero-order valence-corrected chi connectivity index (χ0v) is 13.3. The Morgan fingerprint density at radius 1 is 1.08 bits per heavy atom. The number of hydrogen-bond acceptors (Lipinski definition) is 2. The van der Waals surface area contributed by atoms with Gasteiger partial charge in [0.05, 0.1) is 18.2 Å². The molecule has 0 amide bonds. The van der Waals surface area contributed by atoms with Crippen LogP contribution < -0.4 is 5.56 Å². The van der Waals surface area contributed by atoms with E-state index in [1.807, 2.05) is 6.07 Å². The van der Waals surface area contributed by atoms with Crippen molar-refractivity contribution in [3.63, 3.8) is 0 Å². The molecule has 118 valence electrons. The van der Waals surface area contributed by atoms with Gasteiger partial charge in [-0.3, -0.25) is 4.79 Å². The monoisotopic (exact) mass is 338 g/mol. The smallest absolute Gasteiger partial charge is 0.250 e. The van der Waals surface area contributed by atoms with Gasteiger partial charge in [-0.2, -0.15) is 5.26 Å². The second-order valence-corrected chi connectivity index (χ2v) is 5.75. The molecule has 0 aliphatic rings. The highest BCUT2D eigenvalue weighted by Gasteiger charge is 2.07. The standard InChI is InChI=1S/C19H12ClFN2O/c20-17-6-4-16(18(21)9-17)12-23-11-15(5-7-19(23)24)14-3-1-2-13(8-14)10-22/h1-9,11H,12H2. The van der Waals surface area contributed by atoms with Crippen LogP contribution in [0.2, 0.25) is 5.02 Å². The number of nitrogens with zero attached hydrogens (tertiary/aromatic N) is 2. The van der Waals surface area contributed by atoms with Crippen molar-refractivity contribution in [2.24, 2.45) is 0 Å². The normalized spacial score (nSPS) is 10.4. The average Bonchev–Trinajstić information content (AvgIpc) is 2.59. The molecular weight excluding hydrogens is 327 g/mol. The number of nitriles is 1. The first kappa shape index (κ1) is 16.0. The molecule has 0 fully saturated rings. The molecule has 3 nitrogen and oxygen atoms in total. The van der Waals surface area contributed by atoms with E-state index in [0.717, 1.165) is 11.1 Å². The van der Waals surface area contributed by atoms with E-state index in [4.69, 9.17) is 16.9 Å². The van der Waals surface area contributed by atoms with E-state index in [-0.39, 0.29) is 12.1 Å². The van der Waals surface area contributed by atoms with Crippen molar-refractivity contribution in [3.8, 4) is 17.2 Å². The topological polar surface area (TPSA) is 45.8 Å². The Hall–Kier alpha value is -2.90. The molecule has 0 aliphatic heterocycles. The molecule has 0 radical (unpaired) electrons. The predicted molar refractivity (Wildman–Crippen MR) is 91.4 cm³/mol. The lowest BCUT2D eigenvalue weighted by atomic mass is 10.1. The Morgan fingerprint density at radius 3 is 2.67 bits per heavy atom. The lowest BCUT2D eigenvalue weighted by molar-refractivity contribution is 0.596. The van der Waals surface area contributed by atoms with Crippen LogP contribution in [0.3, 0.4) is 0 Å². The molecule has 0 N–H and O–H groups in total. The van der Waals surface area contributed by atoms with Crippen LogP contribution in [0.1, 0.15) is 11.1 Å². The Bertz CT molecular complexity index is 1000. The van der Waals surface area contributed by atoms with E-state index in [2.05, 4.69) is 6.07 Å². The zero-order valence-electron chi connectivity index (χ0n) is 12.5. The molecule has 0 spiro atoms. The Labute approximate surface area is 143 Å². The van der Waals surface area contributed by atoms with Gasteiger partial charge in [0.1, 0.15) is 5.82 Å². The van der Waals surface area contributed by atoms with E-state index in [0.29, 0.717) is 16.1 Å². The molecule has 24 heavy (non-hydrogen) atoms. The molecule has 0 saturated carbocycles. The van der Waals surface area contributed by atoms with Crippen molar-refractivity contribution in [2.45, 2.75) is 6.54 Å². The van der Waals surface area contributed by atoms with Crippen LogP contribution in [0.5, 0.6) is 0 Å². The van der Waals surface area contributed by atoms with E-state index < -0.39 is 5.82 Å². The number of aromatic nitrogens is 1. The van der Waals surface area contributed by atoms with E-state index >= 15 is 0 Å². The van der Waals surface area contributed by atoms with Crippen LogP contribution in [0.4, 0.5) is 4.39 Å². The SMILES string of the molecule is N#Cc1cccc(-c2ccc(=O)n(Cc3ccc(Cl)cc3F)c2)c1. The lowest BCUT2D eigenvalue weighted by Gasteiger charge is -2.10. The summed E-state index contributed by atoms with van der Waals surface area (Å²) in [6.07, 6.45) is 1.66. The fraction of sp³-hybridized carbons (Fsp3) is 0.0526. The van der Waals surface area contributed by atoms with Crippen LogP contribution in [-0.4, -0.2) is 4.57 Å². The van der Waals surface area contributed by atoms with Crippen molar-refractivity contribution in [2.75, 3.05) is 0 Å². The summed E-state index contributed by atoms with van der Waals surface area (Å²) in [7, 11) is 0. The third-order valence-corrected chi connectivity index (χ3v) is 3.90. The molecule has 0 unspecified atom stereocenters. The highest BCUT2D eigenvalue weighted by Crippen LogP contribution is 2.20. The lowest BCUT2D eigenvalue weighted by Crippen LogP contribution is -2.19. The minimum atomic E-state index is -0.453. The number of halogens is 2. The summed E-state index contributed by atoms with van der Waals surface area (Å²) in [6, 6.07) is 16.7. The summed E-state index contributed by atoms with van der Waals surface area (Å²) in [6.45, 7) is 0.105. The minimum absolute atomic E-state index is 0.105. The molecule has 0 bridgehead atoms. The van der Waals surface area contributed by atoms with E-state index in [9.17, 15) is 9.18 Å². The first-order chi connectivity index (χ1) is 11.6. The number of hydrogen-bond donors (Lipinski definition) is 0. The quantitative estimate of drug-likeness (QED) is 0.717. The van der Waals surface area contributed by atoms with E-state index in [1.54, 1.807) is 42.6 Å². The van der Waals surface area contributed by atoms with Crippen molar-refractivity contribution in [3.05, 3.63) is 93.1 Å². The van der Waals surface area contributed by atoms with Crippen LogP contribution in [0, 0.1) is 17.1 Å². The molecule has 0 aliphatic carbocycles. The van der Waals surface area contributed by atoms with Gasteiger partial charge >= 0.3 is 0 Å². The Kier molecular flexibility index (Phi) is 4.45. The Morgan fingerprint density at radius 2 is 1.92 bits per heavy atom. The van der Waals surface area contributed by atoms with Crippen LogP contribution in [-0.2, 0) is 6.54 Å². The third-order valence-electron chi connectivity index (χ3n) is 3.66. The van der Waals surface area contributed by atoms with Gasteiger partial charge in [0.15, 0.2) is 0 Å². The molecule has 3 rings (SSSR count). The maximum absolute atomic E-state index is 14.0. The van der Waals surface area contributed by atoms with Crippen molar-refractivity contribution < 1.29 is 4.39 Å². The van der Waals surface area contributed by atoms with Gasteiger partial charge in [-0.05, 0) is 41.5 Å². The number of benzene rings is 2. The first-order valence-electron chi connectivity index (χ1n) is 7.22. The second-order valence-electron chi connectivity index (χ2n) is 5.31. The molecule has 2 aromatic carbocycles. The van der Waals surface area contributed by atoms with Gasteiger partial charge in [0.25, 0.3) is 5.56 Å². The minimum Gasteiger partial charge on any atom is -0.310 e. The molecule has 0 saturated heterocycles. The summed E-state index contributed by atoms with van der Waals surface area (Å²) in [5.74, 6) is -0.453. The van der Waals surface area contributed by atoms with Gasteiger partial charge in [-0.15, -0.1) is 0 Å². The van der Waals surface area contributed by atoms with Gasteiger partial charge in [-0.1, -0.05) is 29.8 Å². The van der Waals surface area contributed by atoms with Gasteiger partial charge in [-0.25, -0.2) is 4.39 Å². The summed E-state index contributed by atoms with van der Waals surface area (Å²) >= 11 is 5.75. The summed E-state index contributed by atoms with van der Waals surface area (Å²) in [5, 5.41) is 9.31.